The normalized spacial score (nSPS) is 21.2. The molecule has 120 valence electrons. The number of ether oxygens (including phenoxy) is 1. The van der Waals surface area contributed by atoms with Gasteiger partial charge in [-0.15, -0.1) is 0 Å². The average Bonchev–Trinajstić information content (AvgIpc) is 2.45. The molecule has 1 aromatic carbocycles. The Hall–Kier alpha value is -1.48. The predicted octanol–water partition coefficient (Wildman–Crippen LogP) is 4.07. The maximum atomic E-state index is 10.6. The van der Waals surface area contributed by atoms with Gasteiger partial charge in [-0.1, -0.05) is 20.8 Å². The van der Waals surface area contributed by atoms with E-state index < -0.39 is 0 Å². The largest absolute Gasteiger partial charge is 0.507 e. The molecule has 2 aliphatic rings. The molecule has 2 aliphatic heterocycles. The van der Waals surface area contributed by atoms with E-state index in [1.165, 1.54) is 11.1 Å². The van der Waals surface area contributed by atoms with E-state index in [-0.39, 0.29) is 5.60 Å². The summed E-state index contributed by atoms with van der Waals surface area (Å²) in [5.74, 6) is 2.10. The van der Waals surface area contributed by atoms with Crippen molar-refractivity contribution in [2.24, 2.45) is 5.92 Å². The maximum Gasteiger partial charge on any atom is 0.132 e. The highest BCUT2D eigenvalue weighted by molar-refractivity contribution is 5.82. The van der Waals surface area contributed by atoms with Crippen LogP contribution < -0.4 is 10.1 Å². The van der Waals surface area contributed by atoms with Crippen LogP contribution in [-0.2, 0) is 0 Å². The Morgan fingerprint density at radius 2 is 1.95 bits per heavy atom. The Morgan fingerprint density at radius 3 is 2.64 bits per heavy atom. The molecule has 0 radical (unpaired) electrons. The molecule has 3 rings (SSSR count). The van der Waals surface area contributed by atoms with Crippen LogP contribution in [0.1, 0.15) is 58.1 Å². The number of phenolic OH excluding ortho intramolecular Hbond substituents is 1. The molecule has 3 nitrogen and oxygen atoms in total. The Labute approximate surface area is 133 Å². The summed E-state index contributed by atoms with van der Waals surface area (Å²) in [6.45, 7) is 12.7. The molecule has 0 amide bonds. The molecule has 1 aromatic rings. The van der Waals surface area contributed by atoms with E-state index in [0.29, 0.717) is 17.6 Å². The lowest BCUT2D eigenvalue weighted by Gasteiger charge is -2.40. The van der Waals surface area contributed by atoms with Crippen molar-refractivity contribution in [2.75, 3.05) is 13.1 Å². The smallest absolute Gasteiger partial charge is 0.132 e. The molecule has 0 aromatic heterocycles. The molecule has 1 atom stereocenters. The minimum absolute atomic E-state index is 0.295. The zero-order chi connectivity index (χ0) is 16.1. The zero-order valence-electron chi connectivity index (χ0n) is 14.3. The minimum atomic E-state index is -0.295. The third-order valence-electron chi connectivity index (χ3n) is 5.24. The quantitative estimate of drug-likeness (QED) is 0.865. The summed E-state index contributed by atoms with van der Waals surface area (Å²) in [7, 11) is 0. The van der Waals surface area contributed by atoms with Gasteiger partial charge in [-0.2, -0.15) is 0 Å². The van der Waals surface area contributed by atoms with Gasteiger partial charge in [-0.05, 0) is 67.5 Å². The number of hydrogen-bond donors (Lipinski definition) is 2. The van der Waals surface area contributed by atoms with Crippen LogP contribution in [0.3, 0.4) is 0 Å². The van der Waals surface area contributed by atoms with Crippen molar-refractivity contribution < 1.29 is 9.84 Å². The van der Waals surface area contributed by atoms with Gasteiger partial charge in [0.1, 0.15) is 17.1 Å². The summed E-state index contributed by atoms with van der Waals surface area (Å²) in [5.41, 5.74) is 4.28. The summed E-state index contributed by atoms with van der Waals surface area (Å²) in [4.78, 5) is 0. The standard InChI is InChI=1S/C19H27NO2/c1-11(2)12(3)13-8-16(21)18-14-10-20-7-6-15(14)19(4,5)22-17(18)9-13/h8-9,11-12,20-21H,6-7,10H2,1-5H3. The molecule has 0 bridgehead atoms. The van der Waals surface area contributed by atoms with E-state index in [1.807, 2.05) is 6.07 Å². The summed E-state index contributed by atoms with van der Waals surface area (Å²) < 4.78 is 6.29. The molecule has 22 heavy (non-hydrogen) atoms. The van der Waals surface area contributed by atoms with Gasteiger partial charge < -0.3 is 15.2 Å². The summed E-state index contributed by atoms with van der Waals surface area (Å²) >= 11 is 0. The molecule has 2 N–H and O–H groups in total. The van der Waals surface area contributed by atoms with Crippen LogP contribution in [0.5, 0.6) is 11.5 Å². The molecule has 3 heteroatoms. The van der Waals surface area contributed by atoms with Crippen molar-refractivity contribution in [3.05, 3.63) is 28.8 Å². The van der Waals surface area contributed by atoms with Crippen LogP contribution in [0.4, 0.5) is 0 Å². The van der Waals surface area contributed by atoms with Gasteiger partial charge in [-0.25, -0.2) is 0 Å². The van der Waals surface area contributed by atoms with E-state index in [4.69, 9.17) is 4.74 Å². The molecule has 0 fully saturated rings. The predicted molar refractivity (Wildman–Crippen MR) is 90.5 cm³/mol. The van der Waals surface area contributed by atoms with Gasteiger partial charge in [0.25, 0.3) is 0 Å². The fraction of sp³-hybridized carbons (Fsp3) is 0.579. The van der Waals surface area contributed by atoms with Crippen molar-refractivity contribution in [3.8, 4) is 11.5 Å². The third-order valence-corrected chi connectivity index (χ3v) is 5.24. The number of benzene rings is 1. The van der Waals surface area contributed by atoms with E-state index >= 15 is 0 Å². The fourth-order valence-electron chi connectivity index (χ4n) is 3.58. The molecule has 1 unspecified atom stereocenters. The first-order valence-corrected chi connectivity index (χ1v) is 8.30. The summed E-state index contributed by atoms with van der Waals surface area (Å²) in [6, 6.07) is 4.05. The van der Waals surface area contributed by atoms with Gasteiger partial charge in [0.2, 0.25) is 0 Å². The lowest BCUT2D eigenvalue weighted by molar-refractivity contribution is 0.137. The van der Waals surface area contributed by atoms with Gasteiger partial charge in [0.05, 0.1) is 5.56 Å². The Kier molecular flexibility index (Phi) is 3.72. The highest BCUT2D eigenvalue weighted by atomic mass is 16.5. The van der Waals surface area contributed by atoms with Gasteiger partial charge in [0.15, 0.2) is 0 Å². The van der Waals surface area contributed by atoms with Crippen molar-refractivity contribution in [3.63, 3.8) is 0 Å². The Balaban J connectivity index is 2.15. The van der Waals surface area contributed by atoms with Crippen LogP contribution in [0.15, 0.2) is 17.7 Å². The van der Waals surface area contributed by atoms with Crippen LogP contribution in [0.25, 0.3) is 5.57 Å². The summed E-state index contributed by atoms with van der Waals surface area (Å²) in [6.07, 6.45) is 0.978. The number of hydrogen-bond acceptors (Lipinski definition) is 3. The second kappa shape index (κ2) is 5.31. The average molecular weight is 301 g/mol. The zero-order valence-corrected chi connectivity index (χ0v) is 14.3. The number of phenols is 1. The number of nitrogens with one attached hydrogen (secondary N) is 1. The number of aromatic hydroxyl groups is 1. The van der Waals surface area contributed by atoms with Crippen molar-refractivity contribution >= 4 is 5.57 Å². The molecule has 0 saturated heterocycles. The summed E-state index contributed by atoms with van der Waals surface area (Å²) in [5, 5.41) is 14.1. The van der Waals surface area contributed by atoms with Crippen LogP contribution in [0, 0.1) is 5.92 Å². The lowest BCUT2D eigenvalue weighted by Crippen LogP contribution is -2.40. The van der Waals surface area contributed by atoms with Crippen LogP contribution in [0.2, 0.25) is 0 Å². The lowest BCUT2D eigenvalue weighted by atomic mass is 9.80. The van der Waals surface area contributed by atoms with Gasteiger partial charge in [0, 0.05) is 6.54 Å². The monoisotopic (exact) mass is 301 g/mol. The van der Waals surface area contributed by atoms with E-state index in [9.17, 15) is 5.11 Å². The first kappa shape index (κ1) is 15.4. The first-order valence-electron chi connectivity index (χ1n) is 8.30. The first-order chi connectivity index (χ1) is 10.3. The molecule has 0 saturated carbocycles. The number of fused-ring (bicyclic) bond motifs is 2. The molecule has 0 aliphatic carbocycles. The molecule has 2 heterocycles. The van der Waals surface area contributed by atoms with Crippen LogP contribution >= 0.6 is 0 Å². The molecular formula is C19H27NO2. The van der Waals surface area contributed by atoms with Crippen molar-refractivity contribution in [1.29, 1.82) is 0 Å². The highest BCUT2D eigenvalue weighted by Crippen LogP contribution is 2.48. The van der Waals surface area contributed by atoms with Crippen molar-refractivity contribution in [1.82, 2.24) is 5.32 Å². The fourth-order valence-corrected chi connectivity index (χ4v) is 3.58. The third kappa shape index (κ3) is 2.41. The Morgan fingerprint density at radius 1 is 1.23 bits per heavy atom. The van der Waals surface area contributed by atoms with Crippen molar-refractivity contribution in [2.45, 2.75) is 52.6 Å². The second-order valence-electron chi connectivity index (χ2n) is 7.44. The van der Waals surface area contributed by atoms with Crippen LogP contribution in [-0.4, -0.2) is 23.8 Å². The van der Waals surface area contributed by atoms with E-state index in [0.717, 1.165) is 36.4 Å². The molecular weight excluding hydrogens is 274 g/mol. The highest BCUT2D eigenvalue weighted by Gasteiger charge is 2.37. The minimum Gasteiger partial charge on any atom is -0.507 e. The van der Waals surface area contributed by atoms with E-state index in [1.54, 1.807) is 0 Å². The topological polar surface area (TPSA) is 41.5 Å². The van der Waals surface area contributed by atoms with E-state index in [2.05, 4.69) is 46.0 Å². The maximum absolute atomic E-state index is 10.6. The van der Waals surface area contributed by atoms with Gasteiger partial charge >= 0.3 is 0 Å². The second-order valence-corrected chi connectivity index (χ2v) is 7.44. The molecule has 0 spiro atoms. The van der Waals surface area contributed by atoms with Gasteiger partial charge in [-0.3, -0.25) is 0 Å². The number of rotatable bonds is 2. The Bertz CT molecular complexity index is 629. The SMILES string of the molecule is CC(C)C(C)c1cc(O)c2c(c1)OC(C)(C)C1=C2CNCC1.